The highest BCUT2D eigenvalue weighted by atomic mass is 35.5. The first-order valence-corrected chi connectivity index (χ1v) is 6.00. The van der Waals surface area contributed by atoms with E-state index in [9.17, 15) is 13.2 Å². The van der Waals surface area contributed by atoms with Crippen LogP contribution in [0.2, 0.25) is 5.02 Å². The van der Waals surface area contributed by atoms with Gasteiger partial charge >= 0.3 is 6.18 Å². The molecule has 3 nitrogen and oxygen atoms in total. The molecule has 2 aromatic heterocycles. The Morgan fingerprint density at radius 1 is 1.10 bits per heavy atom. The van der Waals surface area contributed by atoms with Crippen LogP contribution < -0.4 is 0 Å². The molecule has 3 rings (SSSR count). The van der Waals surface area contributed by atoms with Crippen LogP contribution in [0.4, 0.5) is 13.2 Å². The van der Waals surface area contributed by atoms with Crippen molar-refractivity contribution in [3.8, 4) is 11.1 Å². The third-order valence-electron chi connectivity index (χ3n) is 2.89. The van der Waals surface area contributed by atoms with Gasteiger partial charge < -0.3 is 0 Å². The number of halogens is 4. The van der Waals surface area contributed by atoms with Gasteiger partial charge in [-0.1, -0.05) is 11.6 Å². The van der Waals surface area contributed by atoms with Crippen LogP contribution in [0.3, 0.4) is 0 Å². The average Bonchev–Trinajstić information content (AvgIpc) is 2.86. The molecule has 1 aromatic carbocycles. The maximum absolute atomic E-state index is 12.8. The second-order valence-electron chi connectivity index (χ2n) is 4.14. The van der Waals surface area contributed by atoms with Gasteiger partial charge in [0, 0.05) is 22.3 Å². The van der Waals surface area contributed by atoms with Crippen LogP contribution in [-0.4, -0.2) is 14.6 Å². The normalized spacial score (nSPS) is 12.0. The minimum atomic E-state index is -4.42. The molecule has 0 aliphatic carbocycles. The molecule has 0 aliphatic heterocycles. The predicted octanol–water partition coefficient (Wildman–Crippen LogP) is 4.07. The van der Waals surface area contributed by atoms with Gasteiger partial charge in [0.1, 0.15) is 6.33 Å². The number of hydrogen-bond acceptors (Lipinski definition) is 2. The number of hydrogen-bond donors (Lipinski definition) is 0. The van der Waals surface area contributed by atoms with E-state index in [1.165, 1.54) is 16.9 Å². The first-order valence-electron chi connectivity index (χ1n) is 5.62. The van der Waals surface area contributed by atoms with Gasteiger partial charge in [0.15, 0.2) is 5.65 Å². The number of aromatic nitrogens is 3. The summed E-state index contributed by atoms with van der Waals surface area (Å²) in [5, 5.41) is 4.18. The highest BCUT2D eigenvalue weighted by Gasteiger charge is 2.31. The fraction of sp³-hybridized carbons (Fsp3) is 0.0769. The van der Waals surface area contributed by atoms with Gasteiger partial charge in [-0.05, 0) is 30.3 Å². The molecule has 0 radical (unpaired) electrons. The van der Waals surface area contributed by atoms with E-state index in [1.807, 2.05) is 0 Å². The minimum absolute atomic E-state index is 0.231. The molecule has 2 heterocycles. The Morgan fingerprint density at radius 2 is 1.90 bits per heavy atom. The van der Waals surface area contributed by atoms with Gasteiger partial charge in [-0.25, -0.2) is 9.50 Å². The Kier molecular flexibility index (Phi) is 2.90. The van der Waals surface area contributed by atoms with E-state index in [-0.39, 0.29) is 10.6 Å². The van der Waals surface area contributed by atoms with Crippen LogP contribution in [0.15, 0.2) is 42.9 Å². The van der Waals surface area contributed by atoms with E-state index >= 15 is 0 Å². The zero-order valence-corrected chi connectivity index (χ0v) is 10.7. The van der Waals surface area contributed by atoms with Crippen molar-refractivity contribution >= 4 is 17.2 Å². The molecule has 0 bridgehead atoms. The number of fused-ring (bicyclic) bond motifs is 1. The molecule has 0 saturated heterocycles. The van der Waals surface area contributed by atoms with E-state index < -0.39 is 11.7 Å². The van der Waals surface area contributed by atoms with Crippen molar-refractivity contribution in [3.05, 3.63) is 53.4 Å². The number of nitrogens with zero attached hydrogens (tertiary/aromatic N) is 3. The molecule has 0 fully saturated rings. The topological polar surface area (TPSA) is 30.2 Å². The van der Waals surface area contributed by atoms with Crippen LogP contribution >= 0.6 is 11.6 Å². The van der Waals surface area contributed by atoms with Gasteiger partial charge in [-0.15, -0.1) is 0 Å². The van der Waals surface area contributed by atoms with Gasteiger partial charge in [-0.2, -0.15) is 18.3 Å². The van der Waals surface area contributed by atoms with E-state index in [0.717, 1.165) is 12.1 Å². The lowest BCUT2D eigenvalue weighted by Gasteiger charge is -2.11. The second kappa shape index (κ2) is 4.49. The zero-order valence-electron chi connectivity index (χ0n) is 9.89. The SMILES string of the molecule is FC(F)(F)c1ccc(Cl)c(-c2cccn3ncnc23)c1. The van der Waals surface area contributed by atoms with Crippen molar-refractivity contribution < 1.29 is 13.2 Å². The number of alkyl halides is 3. The lowest BCUT2D eigenvalue weighted by molar-refractivity contribution is -0.137. The smallest absolute Gasteiger partial charge is 0.221 e. The highest BCUT2D eigenvalue weighted by Crippen LogP contribution is 2.36. The van der Waals surface area contributed by atoms with Gasteiger partial charge in [-0.3, -0.25) is 0 Å². The molecule has 0 amide bonds. The molecule has 7 heteroatoms. The Bertz CT molecular complexity index is 780. The Hall–Kier alpha value is -2.08. The molecular formula is C13H7ClF3N3. The van der Waals surface area contributed by atoms with Crippen molar-refractivity contribution in [1.82, 2.24) is 14.6 Å². The maximum Gasteiger partial charge on any atom is 0.416 e. The van der Waals surface area contributed by atoms with E-state index in [4.69, 9.17) is 11.6 Å². The molecule has 102 valence electrons. The Balaban J connectivity index is 2.26. The molecule has 0 aliphatic rings. The summed E-state index contributed by atoms with van der Waals surface area (Å²) < 4.78 is 39.9. The average molecular weight is 298 g/mol. The lowest BCUT2D eigenvalue weighted by atomic mass is 10.0. The first kappa shape index (κ1) is 12.9. The molecule has 0 atom stereocenters. The van der Waals surface area contributed by atoms with E-state index in [1.54, 1.807) is 18.3 Å². The van der Waals surface area contributed by atoms with Crippen LogP contribution in [0.25, 0.3) is 16.8 Å². The molecule has 20 heavy (non-hydrogen) atoms. The third-order valence-corrected chi connectivity index (χ3v) is 3.22. The number of benzene rings is 1. The maximum atomic E-state index is 12.8. The largest absolute Gasteiger partial charge is 0.416 e. The van der Waals surface area contributed by atoms with Crippen molar-refractivity contribution in [2.24, 2.45) is 0 Å². The summed E-state index contributed by atoms with van der Waals surface area (Å²) in [5.41, 5.74) is 0.480. The standard InChI is InChI=1S/C13H7ClF3N3/c14-11-4-3-8(13(15,16)17)6-10(11)9-2-1-5-20-12(9)18-7-19-20/h1-7H. The molecule has 0 spiro atoms. The molecular weight excluding hydrogens is 291 g/mol. The first-order chi connectivity index (χ1) is 9.47. The predicted molar refractivity (Wildman–Crippen MR) is 68.4 cm³/mol. The summed E-state index contributed by atoms with van der Waals surface area (Å²) in [4.78, 5) is 4.04. The van der Waals surface area contributed by atoms with Crippen molar-refractivity contribution in [3.63, 3.8) is 0 Å². The zero-order chi connectivity index (χ0) is 14.3. The minimum Gasteiger partial charge on any atom is -0.221 e. The van der Waals surface area contributed by atoms with Crippen LogP contribution in [0.5, 0.6) is 0 Å². The Morgan fingerprint density at radius 3 is 2.65 bits per heavy atom. The van der Waals surface area contributed by atoms with Crippen LogP contribution in [-0.2, 0) is 6.18 Å². The van der Waals surface area contributed by atoms with Gasteiger partial charge in [0.25, 0.3) is 0 Å². The summed E-state index contributed by atoms with van der Waals surface area (Å²) in [5.74, 6) is 0. The monoisotopic (exact) mass is 297 g/mol. The van der Waals surface area contributed by atoms with Crippen molar-refractivity contribution in [1.29, 1.82) is 0 Å². The van der Waals surface area contributed by atoms with Crippen LogP contribution in [0.1, 0.15) is 5.56 Å². The quantitative estimate of drug-likeness (QED) is 0.678. The fourth-order valence-electron chi connectivity index (χ4n) is 1.97. The molecule has 0 saturated carbocycles. The summed E-state index contributed by atoms with van der Waals surface area (Å²) in [6.45, 7) is 0. The molecule has 0 N–H and O–H groups in total. The number of pyridine rings is 1. The molecule has 3 aromatic rings. The summed E-state index contributed by atoms with van der Waals surface area (Å²) in [6, 6.07) is 6.54. The summed E-state index contributed by atoms with van der Waals surface area (Å²) >= 11 is 6.02. The third kappa shape index (κ3) is 2.12. The second-order valence-corrected chi connectivity index (χ2v) is 4.55. The van der Waals surface area contributed by atoms with E-state index in [0.29, 0.717) is 11.2 Å². The molecule has 0 unspecified atom stereocenters. The van der Waals surface area contributed by atoms with Crippen molar-refractivity contribution in [2.45, 2.75) is 6.18 Å². The highest BCUT2D eigenvalue weighted by molar-refractivity contribution is 6.33. The van der Waals surface area contributed by atoms with Crippen molar-refractivity contribution in [2.75, 3.05) is 0 Å². The summed E-state index contributed by atoms with van der Waals surface area (Å²) in [6.07, 6.45) is -1.42. The fourth-order valence-corrected chi connectivity index (χ4v) is 2.18. The van der Waals surface area contributed by atoms with Gasteiger partial charge in [0.05, 0.1) is 5.56 Å². The van der Waals surface area contributed by atoms with E-state index in [2.05, 4.69) is 10.1 Å². The number of rotatable bonds is 1. The lowest BCUT2D eigenvalue weighted by Crippen LogP contribution is -2.05. The Labute approximate surface area is 116 Å². The van der Waals surface area contributed by atoms with Gasteiger partial charge in [0.2, 0.25) is 0 Å². The van der Waals surface area contributed by atoms with Crippen LogP contribution in [0, 0.1) is 0 Å². The summed E-state index contributed by atoms with van der Waals surface area (Å²) in [7, 11) is 0.